The van der Waals surface area contributed by atoms with Gasteiger partial charge in [0.15, 0.2) is 0 Å². The molecule has 1 saturated heterocycles. The molecule has 0 amide bonds. The second-order valence-electron chi connectivity index (χ2n) is 3.44. The summed E-state index contributed by atoms with van der Waals surface area (Å²) in [6.45, 7) is 0.958. The molecule has 14 heavy (non-hydrogen) atoms. The molecule has 1 N–H and O–H groups in total. The van der Waals surface area contributed by atoms with Crippen LogP contribution in [0.1, 0.15) is 31.1 Å². The third kappa shape index (κ3) is 1.77. The smallest absolute Gasteiger partial charge is 0.404 e. The topological polar surface area (TPSA) is 68.3 Å². The Labute approximate surface area is 81.2 Å². The van der Waals surface area contributed by atoms with E-state index in [0.29, 0.717) is 5.76 Å². The molecule has 1 aliphatic heterocycles. The Balaban J connectivity index is 2.11. The van der Waals surface area contributed by atoms with Crippen molar-refractivity contribution in [3.8, 4) is 0 Å². The lowest BCUT2D eigenvalue weighted by atomic mass is 10.0. The molecule has 0 aliphatic carbocycles. The van der Waals surface area contributed by atoms with Crippen LogP contribution in [0.15, 0.2) is 16.5 Å². The highest BCUT2D eigenvalue weighted by Gasteiger charge is 2.20. The second kappa shape index (κ2) is 3.79. The molecule has 5 nitrogen and oxygen atoms in total. The van der Waals surface area contributed by atoms with Crippen molar-refractivity contribution in [1.82, 2.24) is 5.32 Å². The Morgan fingerprint density at radius 3 is 2.93 bits per heavy atom. The standard InChI is InChI=1S/C9H12N2O3/c12-11(13)9-5-4-8(14-9)7-3-1-2-6-10-7/h4-5,7,10H,1-3,6H2. The fourth-order valence-corrected chi connectivity index (χ4v) is 1.72. The third-order valence-electron chi connectivity index (χ3n) is 2.45. The summed E-state index contributed by atoms with van der Waals surface area (Å²) in [5.74, 6) is 0.503. The lowest BCUT2D eigenvalue weighted by Gasteiger charge is -2.20. The second-order valence-corrected chi connectivity index (χ2v) is 3.44. The van der Waals surface area contributed by atoms with E-state index >= 15 is 0 Å². The van der Waals surface area contributed by atoms with Crippen LogP contribution in [0.4, 0.5) is 5.88 Å². The summed E-state index contributed by atoms with van der Waals surface area (Å²) in [6.07, 6.45) is 3.30. The van der Waals surface area contributed by atoms with Crippen LogP contribution in [0, 0.1) is 10.1 Å². The van der Waals surface area contributed by atoms with Crippen molar-refractivity contribution in [2.45, 2.75) is 25.3 Å². The van der Waals surface area contributed by atoms with Gasteiger partial charge in [0.2, 0.25) is 0 Å². The van der Waals surface area contributed by atoms with Crippen molar-refractivity contribution in [3.63, 3.8) is 0 Å². The predicted octanol–water partition coefficient (Wildman–Crippen LogP) is 2.00. The normalized spacial score (nSPS) is 22.1. The molecule has 1 fully saturated rings. The lowest BCUT2D eigenvalue weighted by Crippen LogP contribution is -2.26. The number of nitrogens with one attached hydrogen (secondary N) is 1. The van der Waals surface area contributed by atoms with Gasteiger partial charge in [0, 0.05) is 0 Å². The maximum absolute atomic E-state index is 10.4. The summed E-state index contributed by atoms with van der Waals surface area (Å²) < 4.78 is 5.12. The van der Waals surface area contributed by atoms with Gasteiger partial charge in [-0.1, -0.05) is 6.42 Å². The van der Waals surface area contributed by atoms with Crippen LogP contribution in [-0.2, 0) is 0 Å². The van der Waals surface area contributed by atoms with Crippen molar-refractivity contribution >= 4 is 5.88 Å². The zero-order valence-electron chi connectivity index (χ0n) is 7.73. The minimum atomic E-state index is -0.508. The molecule has 0 aromatic carbocycles. The first-order valence-electron chi connectivity index (χ1n) is 4.75. The molecule has 2 rings (SSSR count). The average Bonchev–Trinajstić information content (AvgIpc) is 2.68. The van der Waals surface area contributed by atoms with E-state index in [0.717, 1.165) is 19.4 Å². The summed E-state index contributed by atoms with van der Waals surface area (Å²) in [4.78, 5) is 9.88. The molecule has 1 unspecified atom stereocenters. The van der Waals surface area contributed by atoms with Gasteiger partial charge in [-0.2, -0.15) is 0 Å². The van der Waals surface area contributed by atoms with E-state index in [1.165, 1.54) is 12.5 Å². The van der Waals surface area contributed by atoms with E-state index < -0.39 is 4.92 Å². The van der Waals surface area contributed by atoms with Crippen LogP contribution in [0.5, 0.6) is 0 Å². The van der Waals surface area contributed by atoms with Gasteiger partial charge in [-0.25, -0.2) is 0 Å². The summed E-state index contributed by atoms with van der Waals surface area (Å²) in [5.41, 5.74) is 0. The van der Waals surface area contributed by atoms with Crippen LogP contribution in [-0.4, -0.2) is 11.5 Å². The SMILES string of the molecule is O=[N+]([O-])c1ccc(C2CCCCN2)o1. The molecule has 76 valence electrons. The van der Waals surface area contributed by atoms with Crippen LogP contribution in [0.25, 0.3) is 0 Å². The molecule has 5 heteroatoms. The zero-order valence-corrected chi connectivity index (χ0v) is 7.73. The predicted molar refractivity (Wildman–Crippen MR) is 50.0 cm³/mol. The molecule has 1 aliphatic rings. The van der Waals surface area contributed by atoms with Gasteiger partial charge in [-0.3, -0.25) is 10.1 Å². The van der Waals surface area contributed by atoms with Crippen molar-refractivity contribution in [3.05, 3.63) is 28.0 Å². The number of furan rings is 1. The van der Waals surface area contributed by atoms with Gasteiger partial charge in [-0.05, 0) is 25.5 Å². The zero-order chi connectivity index (χ0) is 9.97. The number of rotatable bonds is 2. The van der Waals surface area contributed by atoms with Crippen LogP contribution < -0.4 is 5.32 Å². The van der Waals surface area contributed by atoms with E-state index in [4.69, 9.17) is 4.42 Å². The first-order chi connectivity index (χ1) is 6.77. The summed E-state index contributed by atoms with van der Waals surface area (Å²) in [6, 6.07) is 3.24. The van der Waals surface area contributed by atoms with E-state index in [1.807, 2.05) is 0 Å². The third-order valence-corrected chi connectivity index (χ3v) is 2.45. The molecule has 0 saturated carbocycles. The Bertz CT molecular complexity index is 329. The van der Waals surface area contributed by atoms with Gasteiger partial charge in [-0.15, -0.1) is 0 Å². The first-order valence-corrected chi connectivity index (χ1v) is 4.75. The fourth-order valence-electron chi connectivity index (χ4n) is 1.72. The van der Waals surface area contributed by atoms with Gasteiger partial charge < -0.3 is 9.73 Å². The molecule has 0 radical (unpaired) electrons. The largest absolute Gasteiger partial charge is 0.433 e. The first kappa shape index (κ1) is 9.21. The number of nitrogens with zero attached hydrogens (tertiary/aromatic N) is 1. The summed E-state index contributed by atoms with van der Waals surface area (Å²) in [7, 11) is 0. The van der Waals surface area contributed by atoms with Crippen LogP contribution in [0.2, 0.25) is 0 Å². The molecule has 0 bridgehead atoms. The quantitative estimate of drug-likeness (QED) is 0.580. The van der Waals surface area contributed by atoms with Crippen molar-refractivity contribution in [1.29, 1.82) is 0 Å². The Morgan fingerprint density at radius 1 is 1.50 bits per heavy atom. The van der Waals surface area contributed by atoms with Crippen molar-refractivity contribution in [2.24, 2.45) is 0 Å². The van der Waals surface area contributed by atoms with E-state index in [-0.39, 0.29) is 11.9 Å². The van der Waals surface area contributed by atoms with E-state index in [9.17, 15) is 10.1 Å². The van der Waals surface area contributed by atoms with Gasteiger partial charge >= 0.3 is 5.88 Å². The number of hydrogen-bond acceptors (Lipinski definition) is 4. The Hall–Kier alpha value is -1.36. The Kier molecular flexibility index (Phi) is 2.49. The molecule has 1 aromatic rings. The van der Waals surface area contributed by atoms with Crippen molar-refractivity contribution < 1.29 is 9.34 Å². The average molecular weight is 196 g/mol. The molecule has 2 heterocycles. The summed E-state index contributed by atoms with van der Waals surface area (Å²) in [5, 5.41) is 13.7. The molecule has 0 spiro atoms. The van der Waals surface area contributed by atoms with Gasteiger partial charge in [0.25, 0.3) is 0 Å². The number of piperidine rings is 1. The van der Waals surface area contributed by atoms with Gasteiger partial charge in [0.1, 0.15) is 10.7 Å². The maximum atomic E-state index is 10.4. The highest BCUT2D eigenvalue weighted by atomic mass is 16.6. The molecular weight excluding hydrogens is 184 g/mol. The minimum Gasteiger partial charge on any atom is -0.404 e. The highest BCUT2D eigenvalue weighted by Crippen LogP contribution is 2.26. The van der Waals surface area contributed by atoms with Gasteiger partial charge in [0.05, 0.1) is 12.1 Å². The van der Waals surface area contributed by atoms with Crippen LogP contribution in [0.3, 0.4) is 0 Å². The maximum Gasteiger partial charge on any atom is 0.433 e. The minimum absolute atomic E-state index is 0.150. The summed E-state index contributed by atoms with van der Waals surface area (Å²) >= 11 is 0. The Morgan fingerprint density at radius 2 is 2.36 bits per heavy atom. The van der Waals surface area contributed by atoms with E-state index in [2.05, 4.69) is 5.32 Å². The molecule has 1 aromatic heterocycles. The van der Waals surface area contributed by atoms with Crippen LogP contribution >= 0.6 is 0 Å². The van der Waals surface area contributed by atoms with E-state index in [1.54, 1.807) is 6.07 Å². The molecule has 1 atom stereocenters. The fraction of sp³-hybridized carbons (Fsp3) is 0.556. The van der Waals surface area contributed by atoms with Crippen molar-refractivity contribution in [2.75, 3.05) is 6.54 Å². The highest BCUT2D eigenvalue weighted by molar-refractivity contribution is 5.20. The molecular formula is C9H12N2O3. The number of nitro groups is 1. The number of hydrogen-bond donors (Lipinski definition) is 1. The lowest BCUT2D eigenvalue weighted by molar-refractivity contribution is -0.402. The monoisotopic (exact) mass is 196 g/mol.